The molecule has 0 saturated heterocycles. The van der Waals surface area contributed by atoms with E-state index in [4.69, 9.17) is 11.6 Å². The number of nitrogens with zero attached hydrogens (tertiary/aromatic N) is 2. The molecule has 0 amide bonds. The summed E-state index contributed by atoms with van der Waals surface area (Å²) in [6.45, 7) is 6.28. The van der Waals surface area contributed by atoms with Crippen LogP contribution in [0.5, 0.6) is 0 Å². The molecule has 0 aliphatic rings. The predicted molar refractivity (Wildman–Crippen MR) is 114 cm³/mol. The van der Waals surface area contributed by atoms with Crippen LogP contribution in [0.3, 0.4) is 0 Å². The Morgan fingerprint density at radius 2 is 1.86 bits per heavy atom. The summed E-state index contributed by atoms with van der Waals surface area (Å²) in [5.41, 5.74) is 6.83. The quantitative estimate of drug-likeness (QED) is 0.474. The molecule has 4 aromatic rings. The van der Waals surface area contributed by atoms with Crippen molar-refractivity contribution in [3.63, 3.8) is 0 Å². The highest BCUT2D eigenvalue weighted by Crippen LogP contribution is 2.28. The van der Waals surface area contributed by atoms with Crippen LogP contribution in [0.4, 0.5) is 5.82 Å². The summed E-state index contributed by atoms with van der Waals surface area (Å²) in [5, 5.41) is 14.3. The molecule has 4 nitrogen and oxygen atoms in total. The molecule has 0 bridgehead atoms. The minimum atomic E-state index is 0.251. The first-order chi connectivity index (χ1) is 13.5. The second kappa shape index (κ2) is 7.18. The number of anilines is 1. The number of fused-ring (bicyclic) bond motifs is 3. The second-order valence-corrected chi connectivity index (χ2v) is 7.80. The molecule has 0 spiro atoms. The van der Waals surface area contributed by atoms with Crippen molar-refractivity contribution < 1.29 is 4.40 Å². The van der Waals surface area contributed by atoms with E-state index in [0.29, 0.717) is 5.56 Å². The van der Waals surface area contributed by atoms with Gasteiger partial charge in [-0.05, 0) is 56.2 Å². The number of imidazole rings is 1. The fraction of sp³-hybridized carbons (Fsp3) is 0.217. The van der Waals surface area contributed by atoms with Gasteiger partial charge in [0.15, 0.2) is 0 Å². The number of hydrogen-bond donors (Lipinski definition) is 2. The molecule has 0 radical (unpaired) electrons. The van der Waals surface area contributed by atoms with E-state index in [1.54, 1.807) is 0 Å². The Morgan fingerprint density at radius 3 is 2.54 bits per heavy atom. The minimum Gasteiger partial charge on any atom is -0.303 e. The number of hydrogen-bond acceptors (Lipinski definition) is 2. The van der Waals surface area contributed by atoms with Crippen molar-refractivity contribution in [1.82, 2.24) is 4.98 Å². The first-order valence-electron chi connectivity index (χ1n) is 9.38. The average Bonchev–Trinajstić information content (AvgIpc) is 3.05. The summed E-state index contributed by atoms with van der Waals surface area (Å²) in [4.78, 5) is 3.43. The van der Waals surface area contributed by atoms with E-state index in [2.05, 4.69) is 40.7 Å². The lowest BCUT2D eigenvalue weighted by Gasteiger charge is -2.16. The van der Waals surface area contributed by atoms with Crippen LogP contribution in [0.25, 0.3) is 16.7 Å². The second-order valence-electron chi connectivity index (χ2n) is 7.37. The van der Waals surface area contributed by atoms with Crippen LogP contribution in [0.15, 0.2) is 48.5 Å². The number of benzene rings is 2. The molecule has 0 aliphatic heterocycles. The summed E-state index contributed by atoms with van der Waals surface area (Å²) in [6, 6.07) is 18.7. The third kappa shape index (κ3) is 3.08. The Labute approximate surface area is 169 Å². The van der Waals surface area contributed by atoms with Crippen molar-refractivity contribution in [3.8, 4) is 6.07 Å². The van der Waals surface area contributed by atoms with Gasteiger partial charge in [0.05, 0.1) is 6.04 Å². The topological polar surface area (TPSA) is 55.7 Å². The molecule has 4 rings (SSSR count). The van der Waals surface area contributed by atoms with Gasteiger partial charge in [-0.3, -0.25) is 4.98 Å². The predicted octanol–water partition coefficient (Wildman–Crippen LogP) is 5.15. The summed E-state index contributed by atoms with van der Waals surface area (Å²) in [6.07, 6.45) is 0.717. The van der Waals surface area contributed by atoms with E-state index in [1.165, 1.54) is 0 Å². The van der Waals surface area contributed by atoms with Gasteiger partial charge >= 0.3 is 0 Å². The monoisotopic (exact) mass is 389 g/mol. The number of pyridine rings is 1. The number of nitrogens with one attached hydrogen (secondary N) is 2. The zero-order chi connectivity index (χ0) is 19.8. The van der Waals surface area contributed by atoms with E-state index < -0.39 is 0 Å². The fourth-order valence-electron chi connectivity index (χ4n) is 3.71. The number of para-hydroxylation sites is 2. The SMILES string of the molecule is Cc1c(Cc2ccc(Cl)cc2)c(NC(C)C)[n+]2c([nH]c3ccccc32)c1C#N. The van der Waals surface area contributed by atoms with Crippen LogP contribution in [0.2, 0.25) is 5.02 Å². The highest BCUT2D eigenvalue weighted by atomic mass is 35.5. The number of H-pyrrole nitrogens is 1. The van der Waals surface area contributed by atoms with Crippen LogP contribution in [0.1, 0.15) is 36.1 Å². The first kappa shape index (κ1) is 18.3. The van der Waals surface area contributed by atoms with E-state index in [9.17, 15) is 5.26 Å². The maximum Gasteiger partial charge on any atom is 0.250 e. The van der Waals surface area contributed by atoms with Gasteiger partial charge in [-0.25, -0.2) is 0 Å². The molecule has 2 N–H and O–H groups in total. The lowest BCUT2D eigenvalue weighted by atomic mass is 9.97. The lowest BCUT2D eigenvalue weighted by Crippen LogP contribution is -2.32. The van der Waals surface area contributed by atoms with E-state index in [-0.39, 0.29) is 6.04 Å². The maximum atomic E-state index is 9.92. The highest BCUT2D eigenvalue weighted by Gasteiger charge is 2.26. The molecular weight excluding hydrogens is 368 g/mol. The molecule has 0 unspecified atom stereocenters. The summed E-state index contributed by atoms with van der Waals surface area (Å²) >= 11 is 6.06. The zero-order valence-corrected chi connectivity index (χ0v) is 16.9. The van der Waals surface area contributed by atoms with Gasteiger partial charge in [-0.1, -0.05) is 35.9 Å². The lowest BCUT2D eigenvalue weighted by molar-refractivity contribution is -0.465. The van der Waals surface area contributed by atoms with Gasteiger partial charge < -0.3 is 5.32 Å². The maximum absolute atomic E-state index is 9.92. The van der Waals surface area contributed by atoms with Gasteiger partial charge in [0.1, 0.15) is 22.7 Å². The summed E-state index contributed by atoms with van der Waals surface area (Å²) in [5.74, 6) is 1.02. The van der Waals surface area contributed by atoms with Gasteiger partial charge in [0, 0.05) is 17.0 Å². The largest absolute Gasteiger partial charge is 0.303 e. The Morgan fingerprint density at radius 1 is 1.14 bits per heavy atom. The third-order valence-corrected chi connectivity index (χ3v) is 5.28. The van der Waals surface area contributed by atoms with Crippen LogP contribution in [0, 0.1) is 18.3 Å². The molecule has 5 heteroatoms. The van der Waals surface area contributed by atoms with Crippen LogP contribution in [-0.4, -0.2) is 11.0 Å². The van der Waals surface area contributed by atoms with Crippen molar-refractivity contribution >= 4 is 34.1 Å². The van der Waals surface area contributed by atoms with Gasteiger partial charge in [0.2, 0.25) is 11.5 Å². The van der Waals surface area contributed by atoms with Gasteiger partial charge in [-0.15, -0.1) is 0 Å². The van der Waals surface area contributed by atoms with Gasteiger partial charge in [0.25, 0.3) is 0 Å². The molecule has 0 fully saturated rings. The number of nitriles is 1. The summed E-state index contributed by atoms with van der Waals surface area (Å²) < 4.78 is 2.14. The van der Waals surface area contributed by atoms with Crippen LogP contribution in [-0.2, 0) is 6.42 Å². The number of rotatable bonds is 4. The molecule has 2 heterocycles. The molecule has 140 valence electrons. The fourth-order valence-corrected chi connectivity index (χ4v) is 3.84. The molecule has 2 aromatic carbocycles. The molecule has 28 heavy (non-hydrogen) atoms. The van der Waals surface area contributed by atoms with Crippen molar-refractivity contribution in [2.75, 3.05) is 5.32 Å². The normalized spacial score (nSPS) is 11.3. The first-order valence-corrected chi connectivity index (χ1v) is 9.76. The Balaban J connectivity index is 2.06. The Hall–Kier alpha value is -3.03. The molecule has 0 atom stereocenters. The smallest absolute Gasteiger partial charge is 0.250 e. The number of aromatic nitrogens is 2. The number of halogens is 1. The Bertz CT molecular complexity index is 1210. The third-order valence-electron chi connectivity index (χ3n) is 5.03. The van der Waals surface area contributed by atoms with Crippen LogP contribution < -0.4 is 9.72 Å². The standard InChI is InChI=1S/C23H21ClN4/c1-14(2)26-22-18(12-16-8-10-17(24)11-9-16)15(3)19(13-25)23-27-20-6-4-5-7-21(20)28(22)23/h4-11,14H,12H2,1-3H3,(H,26,27)/p+1. The molecule has 0 aliphatic carbocycles. The molecule has 0 saturated carbocycles. The number of aromatic amines is 1. The zero-order valence-electron chi connectivity index (χ0n) is 16.2. The highest BCUT2D eigenvalue weighted by molar-refractivity contribution is 6.30. The summed E-state index contributed by atoms with van der Waals surface area (Å²) in [7, 11) is 0. The van der Waals surface area contributed by atoms with Crippen molar-refractivity contribution in [2.45, 2.75) is 33.2 Å². The van der Waals surface area contributed by atoms with Crippen molar-refractivity contribution in [3.05, 3.63) is 75.8 Å². The van der Waals surface area contributed by atoms with Crippen molar-refractivity contribution in [1.29, 1.82) is 5.26 Å². The van der Waals surface area contributed by atoms with E-state index in [1.807, 2.05) is 49.4 Å². The van der Waals surface area contributed by atoms with E-state index >= 15 is 0 Å². The van der Waals surface area contributed by atoms with Crippen molar-refractivity contribution in [2.24, 2.45) is 0 Å². The van der Waals surface area contributed by atoms with E-state index in [0.717, 1.165) is 50.6 Å². The molecular formula is C23H22ClN4+. The van der Waals surface area contributed by atoms with Gasteiger partial charge in [-0.2, -0.15) is 9.66 Å². The average molecular weight is 390 g/mol. The Kier molecular flexibility index (Phi) is 4.70. The minimum absolute atomic E-state index is 0.251. The molecule has 2 aromatic heterocycles. The van der Waals surface area contributed by atoms with Crippen LogP contribution >= 0.6 is 11.6 Å².